The average Bonchev–Trinajstić information content (AvgIpc) is 2.43. The molecule has 0 unspecified atom stereocenters. The number of ether oxygens (including phenoxy) is 1. The minimum Gasteiger partial charge on any atom is -0.494 e. The minimum absolute atomic E-state index is 0.212. The van der Waals surface area contributed by atoms with Gasteiger partial charge in [0.25, 0.3) is 0 Å². The molecule has 0 amide bonds. The monoisotopic (exact) mass is 277 g/mol. The van der Waals surface area contributed by atoms with Crippen LogP contribution in [0.1, 0.15) is 65.4 Å². The molecule has 1 aromatic carbocycles. The second-order valence-electron chi connectivity index (χ2n) is 6.19. The summed E-state index contributed by atoms with van der Waals surface area (Å²) >= 11 is 0. The first-order valence-electron chi connectivity index (χ1n) is 8.04. The lowest BCUT2D eigenvalue weighted by Gasteiger charge is -2.26. The molecule has 0 atom stereocenters. The zero-order valence-electron chi connectivity index (χ0n) is 13.7. The number of rotatable bonds is 10. The molecule has 0 spiro atoms. The van der Waals surface area contributed by atoms with E-state index in [2.05, 4.69) is 57.3 Å². The molecular weight excluding hydrogens is 246 g/mol. The normalized spacial score (nSPS) is 11.6. The summed E-state index contributed by atoms with van der Waals surface area (Å²) in [6.07, 6.45) is 6.04. The van der Waals surface area contributed by atoms with E-state index in [4.69, 9.17) is 4.74 Å². The Labute approximate surface area is 124 Å². The first kappa shape index (κ1) is 17.0. The maximum absolute atomic E-state index is 5.73. The van der Waals surface area contributed by atoms with Crippen molar-refractivity contribution in [2.24, 2.45) is 0 Å². The van der Waals surface area contributed by atoms with Gasteiger partial charge in [0.1, 0.15) is 5.75 Å². The van der Waals surface area contributed by atoms with Crippen molar-refractivity contribution in [3.8, 4) is 5.75 Å². The van der Waals surface area contributed by atoms with E-state index < -0.39 is 0 Å². The molecule has 0 saturated heterocycles. The quantitative estimate of drug-likeness (QED) is 0.613. The molecule has 0 radical (unpaired) electrons. The van der Waals surface area contributed by atoms with Gasteiger partial charge in [-0.15, -0.1) is 0 Å². The summed E-state index contributed by atoms with van der Waals surface area (Å²) in [5, 5.41) is 3.61. The molecule has 2 heteroatoms. The molecule has 0 saturated carbocycles. The van der Waals surface area contributed by atoms with Crippen molar-refractivity contribution in [2.75, 3.05) is 6.61 Å². The van der Waals surface area contributed by atoms with Crippen LogP contribution in [0.4, 0.5) is 0 Å². The predicted octanol–water partition coefficient (Wildman–Crippen LogP) is 4.92. The van der Waals surface area contributed by atoms with Gasteiger partial charge in [-0.2, -0.15) is 0 Å². The third-order valence-electron chi connectivity index (χ3n) is 3.59. The van der Waals surface area contributed by atoms with Gasteiger partial charge in [0.05, 0.1) is 6.61 Å². The average molecular weight is 277 g/mol. The second-order valence-corrected chi connectivity index (χ2v) is 6.19. The summed E-state index contributed by atoms with van der Waals surface area (Å²) < 4.78 is 5.73. The van der Waals surface area contributed by atoms with Crippen LogP contribution >= 0.6 is 0 Å². The van der Waals surface area contributed by atoms with Gasteiger partial charge in [0.15, 0.2) is 0 Å². The SMILES string of the molecule is CCCCCOc1ccc(CNC(C)(C)CCC)cc1. The minimum atomic E-state index is 0.212. The Hall–Kier alpha value is -1.02. The third-order valence-corrected chi connectivity index (χ3v) is 3.59. The highest BCUT2D eigenvalue weighted by atomic mass is 16.5. The summed E-state index contributed by atoms with van der Waals surface area (Å²) in [7, 11) is 0. The Morgan fingerprint density at radius 1 is 1.00 bits per heavy atom. The van der Waals surface area contributed by atoms with Crippen molar-refractivity contribution >= 4 is 0 Å². The topological polar surface area (TPSA) is 21.3 Å². The fraction of sp³-hybridized carbons (Fsp3) is 0.667. The molecule has 0 aliphatic heterocycles. The Kier molecular flexibility index (Phi) is 7.68. The highest BCUT2D eigenvalue weighted by Gasteiger charge is 2.14. The van der Waals surface area contributed by atoms with Gasteiger partial charge in [-0.05, 0) is 44.4 Å². The molecule has 0 heterocycles. The van der Waals surface area contributed by atoms with E-state index >= 15 is 0 Å². The van der Waals surface area contributed by atoms with Gasteiger partial charge >= 0.3 is 0 Å². The van der Waals surface area contributed by atoms with E-state index in [0.29, 0.717) is 0 Å². The van der Waals surface area contributed by atoms with Crippen LogP contribution in [-0.2, 0) is 6.54 Å². The lowest BCUT2D eigenvalue weighted by Crippen LogP contribution is -2.38. The summed E-state index contributed by atoms with van der Waals surface area (Å²) in [5.74, 6) is 0.984. The van der Waals surface area contributed by atoms with Crippen molar-refractivity contribution in [2.45, 2.75) is 71.9 Å². The number of hydrogen-bond acceptors (Lipinski definition) is 2. The maximum Gasteiger partial charge on any atom is 0.119 e. The second kappa shape index (κ2) is 9.02. The van der Waals surface area contributed by atoms with E-state index in [-0.39, 0.29) is 5.54 Å². The zero-order valence-corrected chi connectivity index (χ0v) is 13.7. The van der Waals surface area contributed by atoms with E-state index in [1.165, 1.54) is 31.2 Å². The molecule has 1 rings (SSSR count). The van der Waals surface area contributed by atoms with Crippen molar-refractivity contribution in [1.29, 1.82) is 0 Å². The smallest absolute Gasteiger partial charge is 0.119 e. The summed E-state index contributed by atoms with van der Waals surface area (Å²) in [6, 6.07) is 8.47. The maximum atomic E-state index is 5.73. The molecule has 0 fully saturated rings. The largest absolute Gasteiger partial charge is 0.494 e. The van der Waals surface area contributed by atoms with Gasteiger partial charge in [0, 0.05) is 12.1 Å². The zero-order chi connectivity index (χ0) is 14.8. The van der Waals surface area contributed by atoms with Gasteiger partial charge in [-0.3, -0.25) is 0 Å². The van der Waals surface area contributed by atoms with Crippen molar-refractivity contribution < 1.29 is 4.74 Å². The number of nitrogens with one attached hydrogen (secondary N) is 1. The molecule has 1 N–H and O–H groups in total. The first-order valence-corrected chi connectivity index (χ1v) is 8.04. The van der Waals surface area contributed by atoms with E-state index in [0.717, 1.165) is 25.3 Å². The Balaban J connectivity index is 2.35. The highest BCUT2D eigenvalue weighted by Crippen LogP contribution is 2.15. The molecule has 2 nitrogen and oxygen atoms in total. The standard InChI is InChI=1S/C18H31NO/c1-5-7-8-14-20-17-11-9-16(10-12-17)15-19-18(3,4)13-6-2/h9-12,19H,5-8,13-15H2,1-4H3. The van der Waals surface area contributed by atoms with Gasteiger partial charge in [-0.25, -0.2) is 0 Å². The van der Waals surface area contributed by atoms with Crippen LogP contribution < -0.4 is 10.1 Å². The fourth-order valence-corrected chi connectivity index (χ4v) is 2.30. The third kappa shape index (κ3) is 6.95. The number of unbranched alkanes of at least 4 members (excludes halogenated alkanes) is 2. The molecule has 20 heavy (non-hydrogen) atoms. The Bertz CT molecular complexity index is 356. The molecular formula is C18H31NO. The number of benzene rings is 1. The lowest BCUT2D eigenvalue weighted by atomic mass is 9.98. The Morgan fingerprint density at radius 2 is 1.70 bits per heavy atom. The van der Waals surface area contributed by atoms with Gasteiger partial charge in [0.2, 0.25) is 0 Å². The molecule has 1 aromatic rings. The van der Waals surface area contributed by atoms with Crippen LogP contribution in [-0.4, -0.2) is 12.1 Å². The van der Waals surface area contributed by atoms with Gasteiger partial charge < -0.3 is 10.1 Å². The number of hydrogen-bond donors (Lipinski definition) is 1. The predicted molar refractivity (Wildman–Crippen MR) is 87.3 cm³/mol. The molecule has 0 aliphatic rings. The Morgan fingerprint density at radius 3 is 2.30 bits per heavy atom. The molecule has 0 aromatic heterocycles. The van der Waals surface area contributed by atoms with Crippen LogP contribution in [0, 0.1) is 0 Å². The van der Waals surface area contributed by atoms with Crippen LogP contribution in [0.3, 0.4) is 0 Å². The van der Waals surface area contributed by atoms with Crippen LogP contribution in [0.15, 0.2) is 24.3 Å². The van der Waals surface area contributed by atoms with E-state index in [1.807, 2.05) is 0 Å². The molecule has 0 bridgehead atoms. The molecule has 114 valence electrons. The summed E-state index contributed by atoms with van der Waals surface area (Å²) in [4.78, 5) is 0. The van der Waals surface area contributed by atoms with E-state index in [1.54, 1.807) is 0 Å². The van der Waals surface area contributed by atoms with Crippen LogP contribution in [0.25, 0.3) is 0 Å². The van der Waals surface area contributed by atoms with Crippen molar-refractivity contribution in [3.05, 3.63) is 29.8 Å². The lowest BCUT2D eigenvalue weighted by molar-refractivity contribution is 0.306. The summed E-state index contributed by atoms with van der Waals surface area (Å²) in [5.41, 5.74) is 1.53. The molecule has 0 aliphatic carbocycles. The van der Waals surface area contributed by atoms with E-state index in [9.17, 15) is 0 Å². The fourth-order valence-electron chi connectivity index (χ4n) is 2.30. The van der Waals surface area contributed by atoms with Crippen molar-refractivity contribution in [1.82, 2.24) is 5.32 Å². The summed E-state index contributed by atoms with van der Waals surface area (Å²) in [6.45, 7) is 10.7. The van der Waals surface area contributed by atoms with Gasteiger partial charge in [-0.1, -0.05) is 45.2 Å². The van der Waals surface area contributed by atoms with Crippen LogP contribution in [0.5, 0.6) is 5.75 Å². The first-order chi connectivity index (χ1) is 9.57. The van der Waals surface area contributed by atoms with Crippen LogP contribution in [0.2, 0.25) is 0 Å². The highest BCUT2D eigenvalue weighted by molar-refractivity contribution is 5.27. The van der Waals surface area contributed by atoms with Crippen molar-refractivity contribution in [3.63, 3.8) is 0 Å².